The zero-order chi connectivity index (χ0) is 5.98. The largest absolute Gasteiger partial charge is 0.0622 e. The van der Waals surface area contributed by atoms with Crippen LogP contribution in [-0.2, 0) is 0 Å². The molecule has 1 rings (SSSR count). The first-order valence-electron chi connectivity index (χ1n) is 3.64. The summed E-state index contributed by atoms with van der Waals surface area (Å²) in [6.45, 7) is 6.19. The van der Waals surface area contributed by atoms with Crippen LogP contribution in [0.2, 0.25) is 0 Å². The molecule has 0 saturated heterocycles. The van der Waals surface area contributed by atoms with Crippen molar-refractivity contribution >= 4 is 0 Å². The van der Waals surface area contributed by atoms with E-state index in [1.807, 2.05) is 0 Å². The second-order valence-corrected chi connectivity index (χ2v) is 2.96. The highest BCUT2D eigenvalue weighted by atomic mass is 14.3. The average Bonchev–Trinajstić information content (AvgIpc) is 2.45. The average molecular weight is 111 g/mol. The maximum absolute atomic E-state index is 3.84. The Kier molecular flexibility index (Phi) is 1.93. The quantitative estimate of drug-likeness (QED) is 0.525. The van der Waals surface area contributed by atoms with E-state index in [1.165, 1.54) is 19.3 Å². The van der Waals surface area contributed by atoms with E-state index in [0.29, 0.717) is 0 Å². The first-order chi connectivity index (χ1) is 3.84. The minimum Gasteiger partial charge on any atom is -0.0622 e. The van der Waals surface area contributed by atoms with Gasteiger partial charge in [-0.15, -0.1) is 0 Å². The van der Waals surface area contributed by atoms with E-state index < -0.39 is 0 Å². The molecule has 1 aliphatic carbocycles. The number of hydrogen-bond acceptors (Lipinski definition) is 0. The van der Waals surface area contributed by atoms with Gasteiger partial charge in [0.15, 0.2) is 0 Å². The molecule has 1 saturated carbocycles. The summed E-state index contributed by atoms with van der Waals surface area (Å²) in [7, 11) is 0. The normalized spacial score (nSPS) is 23.2. The van der Waals surface area contributed by atoms with Gasteiger partial charge in [0.05, 0.1) is 0 Å². The minimum atomic E-state index is 0.965. The minimum absolute atomic E-state index is 0.965. The van der Waals surface area contributed by atoms with E-state index in [4.69, 9.17) is 0 Å². The van der Waals surface area contributed by atoms with Crippen molar-refractivity contribution in [2.75, 3.05) is 0 Å². The van der Waals surface area contributed by atoms with Gasteiger partial charge in [-0.2, -0.15) is 0 Å². The topological polar surface area (TPSA) is 0 Å². The van der Waals surface area contributed by atoms with Crippen molar-refractivity contribution in [1.82, 2.24) is 0 Å². The van der Waals surface area contributed by atoms with Crippen LogP contribution in [0.25, 0.3) is 0 Å². The lowest BCUT2D eigenvalue weighted by Gasteiger charge is -2.05. The van der Waals surface area contributed by atoms with Gasteiger partial charge in [0, 0.05) is 0 Å². The Morgan fingerprint density at radius 3 is 2.62 bits per heavy atom. The molecule has 47 valence electrons. The van der Waals surface area contributed by atoms with Gasteiger partial charge in [0.2, 0.25) is 0 Å². The molecule has 0 amide bonds. The fourth-order valence-corrected chi connectivity index (χ4v) is 1.22. The molecule has 0 N–H and O–H groups in total. The van der Waals surface area contributed by atoms with Gasteiger partial charge in [-0.25, -0.2) is 0 Å². The molecule has 0 spiro atoms. The summed E-state index contributed by atoms with van der Waals surface area (Å²) in [6.07, 6.45) is 5.44. The van der Waals surface area contributed by atoms with E-state index >= 15 is 0 Å². The van der Waals surface area contributed by atoms with Crippen molar-refractivity contribution in [2.45, 2.75) is 32.6 Å². The molecule has 0 nitrogen and oxygen atoms in total. The Hall–Kier alpha value is 0. The van der Waals surface area contributed by atoms with Crippen LogP contribution >= 0.6 is 0 Å². The van der Waals surface area contributed by atoms with Crippen LogP contribution in [0.5, 0.6) is 0 Å². The molecule has 1 atom stereocenters. The summed E-state index contributed by atoms with van der Waals surface area (Å²) in [4.78, 5) is 0. The molecular weight excluding hydrogens is 96.1 g/mol. The molecule has 0 bridgehead atoms. The van der Waals surface area contributed by atoms with E-state index in [2.05, 4.69) is 13.8 Å². The lowest BCUT2D eigenvalue weighted by molar-refractivity contribution is 0.474. The number of rotatable bonds is 3. The van der Waals surface area contributed by atoms with Crippen molar-refractivity contribution in [3.63, 3.8) is 0 Å². The van der Waals surface area contributed by atoms with Crippen LogP contribution in [0.1, 0.15) is 32.6 Å². The molecule has 0 aromatic rings. The Balaban J connectivity index is 2.03. The molecule has 1 unspecified atom stereocenters. The fourth-order valence-electron chi connectivity index (χ4n) is 1.22. The van der Waals surface area contributed by atoms with E-state index in [0.717, 1.165) is 18.3 Å². The molecule has 0 heteroatoms. The van der Waals surface area contributed by atoms with E-state index in [9.17, 15) is 0 Å². The Morgan fingerprint density at radius 2 is 2.25 bits per heavy atom. The molecular formula is C8H15. The van der Waals surface area contributed by atoms with Gasteiger partial charge in [-0.05, 0) is 24.7 Å². The van der Waals surface area contributed by atoms with Crippen LogP contribution in [0.4, 0.5) is 0 Å². The summed E-state index contributed by atoms with van der Waals surface area (Å²) < 4.78 is 0. The summed E-state index contributed by atoms with van der Waals surface area (Å²) in [5, 5.41) is 0. The second kappa shape index (κ2) is 2.52. The maximum atomic E-state index is 3.84. The van der Waals surface area contributed by atoms with Crippen LogP contribution in [0, 0.1) is 18.8 Å². The molecule has 1 fully saturated rings. The zero-order valence-electron chi connectivity index (χ0n) is 5.69. The van der Waals surface area contributed by atoms with Gasteiger partial charge < -0.3 is 0 Å². The predicted molar refractivity (Wildman–Crippen MR) is 36.5 cm³/mol. The zero-order valence-corrected chi connectivity index (χ0v) is 5.69. The van der Waals surface area contributed by atoms with E-state index in [1.54, 1.807) is 0 Å². The van der Waals surface area contributed by atoms with Gasteiger partial charge in [0.1, 0.15) is 0 Å². The van der Waals surface area contributed by atoms with Crippen LogP contribution < -0.4 is 0 Å². The summed E-state index contributed by atoms with van der Waals surface area (Å²) >= 11 is 0. The van der Waals surface area contributed by atoms with E-state index in [-0.39, 0.29) is 0 Å². The first kappa shape index (κ1) is 6.12. The molecule has 8 heavy (non-hydrogen) atoms. The van der Waals surface area contributed by atoms with Gasteiger partial charge >= 0.3 is 0 Å². The van der Waals surface area contributed by atoms with Crippen molar-refractivity contribution in [2.24, 2.45) is 11.8 Å². The summed E-state index contributed by atoms with van der Waals surface area (Å²) in [5.74, 6) is 2.05. The van der Waals surface area contributed by atoms with Crippen LogP contribution in [0.3, 0.4) is 0 Å². The highest BCUT2D eigenvalue weighted by Gasteiger charge is 2.26. The molecule has 1 aliphatic rings. The molecule has 0 aliphatic heterocycles. The van der Waals surface area contributed by atoms with Crippen molar-refractivity contribution in [3.05, 3.63) is 6.92 Å². The molecule has 0 aromatic carbocycles. The predicted octanol–water partition coefficient (Wildman–Crippen LogP) is 2.65. The molecule has 1 radical (unpaired) electrons. The SMILES string of the molecule is [CH2]CCC(C)C1CC1. The number of hydrogen-bond donors (Lipinski definition) is 0. The van der Waals surface area contributed by atoms with Crippen molar-refractivity contribution in [3.8, 4) is 0 Å². The third kappa shape index (κ3) is 1.50. The lowest BCUT2D eigenvalue weighted by Crippen LogP contribution is -1.94. The highest BCUT2D eigenvalue weighted by molar-refractivity contribution is 4.78. The van der Waals surface area contributed by atoms with Gasteiger partial charge in [0.25, 0.3) is 0 Å². The van der Waals surface area contributed by atoms with Gasteiger partial charge in [-0.3, -0.25) is 0 Å². The standard InChI is InChI=1S/C8H15/c1-3-4-7(2)8-5-6-8/h7-8H,1,3-6H2,2H3. The Bertz CT molecular complexity index is 62.4. The van der Waals surface area contributed by atoms with Crippen molar-refractivity contribution < 1.29 is 0 Å². The smallest absolute Gasteiger partial charge is 0.0388 e. The lowest BCUT2D eigenvalue weighted by atomic mass is 10.0. The van der Waals surface area contributed by atoms with Crippen LogP contribution in [0.15, 0.2) is 0 Å². The van der Waals surface area contributed by atoms with Crippen LogP contribution in [-0.4, -0.2) is 0 Å². The van der Waals surface area contributed by atoms with Gasteiger partial charge in [-0.1, -0.05) is 26.7 Å². The fraction of sp³-hybridized carbons (Fsp3) is 0.875. The Morgan fingerprint density at radius 1 is 1.62 bits per heavy atom. The van der Waals surface area contributed by atoms with Crippen molar-refractivity contribution in [1.29, 1.82) is 0 Å². The molecule has 0 aromatic heterocycles. The third-order valence-electron chi connectivity index (χ3n) is 2.09. The summed E-state index contributed by atoms with van der Waals surface area (Å²) in [5.41, 5.74) is 0. The summed E-state index contributed by atoms with van der Waals surface area (Å²) in [6, 6.07) is 0. The Labute approximate surface area is 52.3 Å². The third-order valence-corrected chi connectivity index (χ3v) is 2.09. The first-order valence-corrected chi connectivity index (χ1v) is 3.64. The second-order valence-electron chi connectivity index (χ2n) is 2.96. The maximum Gasteiger partial charge on any atom is -0.0388 e. The monoisotopic (exact) mass is 111 g/mol. The highest BCUT2D eigenvalue weighted by Crippen LogP contribution is 2.38. The molecule has 0 heterocycles.